The Balaban J connectivity index is 0.000000223. The number of allylic oxidation sites excluding steroid dienone is 4. The van der Waals surface area contributed by atoms with E-state index in [0.29, 0.717) is 5.92 Å². The van der Waals surface area contributed by atoms with E-state index >= 15 is 0 Å². The maximum Gasteiger partial charge on any atom is 0.0528 e. The Kier molecular flexibility index (Phi) is 7.78. The van der Waals surface area contributed by atoms with Gasteiger partial charge in [-0.1, -0.05) is 109 Å². The van der Waals surface area contributed by atoms with E-state index < -0.39 is 0 Å². The number of hydrogen-bond acceptors (Lipinski definition) is 2. The third-order valence-corrected chi connectivity index (χ3v) is 7.84. The highest BCUT2D eigenvalue weighted by Gasteiger charge is 2.41. The molecule has 6 rings (SSSR count). The molecule has 192 valence electrons. The molecule has 0 saturated carbocycles. The van der Waals surface area contributed by atoms with Crippen molar-refractivity contribution in [3.05, 3.63) is 113 Å². The van der Waals surface area contributed by atoms with E-state index in [4.69, 9.17) is 5.73 Å². The zero-order valence-corrected chi connectivity index (χ0v) is 23.4. The van der Waals surface area contributed by atoms with Gasteiger partial charge in [-0.25, -0.2) is 0 Å². The molecule has 0 aromatic heterocycles. The fourth-order valence-corrected chi connectivity index (χ4v) is 5.52. The van der Waals surface area contributed by atoms with Gasteiger partial charge in [0.05, 0.1) is 5.69 Å². The van der Waals surface area contributed by atoms with Crippen LogP contribution in [0.25, 0.3) is 16.7 Å². The van der Waals surface area contributed by atoms with Crippen molar-refractivity contribution in [1.29, 1.82) is 0 Å². The van der Waals surface area contributed by atoms with E-state index in [2.05, 4.69) is 101 Å². The number of hydrogen-bond donors (Lipinski definition) is 1. The number of aryl methyl sites for hydroxylation is 1. The standard InChI is InChI=1S/C24H23N.C7H9N.C4H10/c1-15-9-7-8-12-25-14-16(2)21-22-17-10-5-6-11-19(17)24(3,4)20(22)13-18(15)23(21)25;1-6-4-2-3-5-7(6)8;1-3-4-2/h5-13,16H,1,14H2,2-4H3;2-5H,8H2,1H3;3-4H2,1-2H3/b9-7-,12-8-;;. The second-order valence-electron chi connectivity index (χ2n) is 10.9. The summed E-state index contributed by atoms with van der Waals surface area (Å²) in [5, 5.41) is 0. The molecule has 0 bridgehead atoms. The van der Waals surface area contributed by atoms with Gasteiger partial charge in [-0.3, -0.25) is 0 Å². The van der Waals surface area contributed by atoms with Gasteiger partial charge < -0.3 is 10.6 Å². The van der Waals surface area contributed by atoms with Crippen LogP contribution in [0.2, 0.25) is 0 Å². The molecule has 0 radical (unpaired) electrons. The molecule has 0 amide bonds. The summed E-state index contributed by atoms with van der Waals surface area (Å²) in [5.41, 5.74) is 18.6. The lowest BCUT2D eigenvalue weighted by Crippen LogP contribution is -2.17. The van der Waals surface area contributed by atoms with Gasteiger partial charge in [0.2, 0.25) is 0 Å². The van der Waals surface area contributed by atoms with Crippen LogP contribution in [0, 0.1) is 6.92 Å². The number of para-hydroxylation sites is 1. The molecule has 2 heteroatoms. The number of rotatable bonds is 1. The predicted molar refractivity (Wildman–Crippen MR) is 163 cm³/mol. The minimum absolute atomic E-state index is 0.0345. The van der Waals surface area contributed by atoms with Crippen LogP contribution in [-0.4, -0.2) is 6.54 Å². The van der Waals surface area contributed by atoms with Gasteiger partial charge >= 0.3 is 0 Å². The van der Waals surface area contributed by atoms with Crippen molar-refractivity contribution in [2.45, 2.75) is 65.7 Å². The molecule has 1 aliphatic carbocycles. The number of nitrogen functional groups attached to an aromatic ring is 1. The number of nitrogens with two attached hydrogens (primary N) is 1. The molecular formula is C35H42N2. The number of fused-ring (bicyclic) bond motifs is 4. The fraction of sp³-hybridized carbons (Fsp3) is 0.314. The zero-order chi connectivity index (χ0) is 26.7. The molecule has 1 atom stereocenters. The minimum atomic E-state index is 0.0345. The maximum absolute atomic E-state index is 5.52. The average Bonchev–Trinajstić information content (AvgIpc) is 3.33. The summed E-state index contributed by atoms with van der Waals surface area (Å²) >= 11 is 0. The smallest absolute Gasteiger partial charge is 0.0528 e. The van der Waals surface area contributed by atoms with Crippen LogP contribution >= 0.6 is 0 Å². The van der Waals surface area contributed by atoms with Crippen molar-refractivity contribution in [2.24, 2.45) is 0 Å². The molecule has 3 aromatic rings. The molecule has 2 nitrogen and oxygen atoms in total. The second-order valence-corrected chi connectivity index (χ2v) is 10.9. The SMILES string of the molecule is C=C1/C=C\C=C/N2CC(C)c3c4c(cc1c32)C(C)(C)c1ccccc1-4.CCCC.Cc1ccccc1N. The molecule has 2 aliphatic heterocycles. The van der Waals surface area contributed by atoms with Crippen molar-refractivity contribution < 1.29 is 0 Å². The van der Waals surface area contributed by atoms with Crippen LogP contribution in [-0.2, 0) is 5.41 Å². The van der Waals surface area contributed by atoms with Gasteiger partial charge in [0.25, 0.3) is 0 Å². The Morgan fingerprint density at radius 1 is 0.946 bits per heavy atom. The normalized spacial score (nSPS) is 19.1. The first-order valence-electron chi connectivity index (χ1n) is 13.6. The first-order chi connectivity index (χ1) is 17.7. The Morgan fingerprint density at radius 2 is 1.62 bits per heavy atom. The van der Waals surface area contributed by atoms with E-state index in [1.54, 1.807) is 0 Å². The van der Waals surface area contributed by atoms with E-state index in [0.717, 1.165) is 23.4 Å². The molecule has 2 N–H and O–H groups in total. The van der Waals surface area contributed by atoms with E-state index in [1.807, 2.05) is 31.2 Å². The van der Waals surface area contributed by atoms with E-state index in [9.17, 15) is 0 Å². The minimum Gasteiger partial charge on any atom is -0.399 e. The fourth-order valence-electron chi connectivity index (χ4n) is 5.52. The molecule has 1 unspecified atom stereocenters. The summed E-state index contributed by atoms with van der Waals surface area (Å²) in [6.45, 7) is 18.8. The summed E-state index contributed by atoms with van der Waals surface area (Å²) in [6.07, 6.45) is 11.2. The molecule has 2 heterocycles. The van der Waals surface area contributed by atoms with Crippen LogP contribution in [0.5, 0.6) is 0 Å². The molecule has 0 saturated heterocycles. The van der Waals surface area contributed by atoms with Crippen LogP contribution < -0.4 is 10.6 Å². The molecule has 0 spiro atoms. The van der Waals surface area contributed by atoms with Crippen LogP contribution in [0.1, 0.15) is 81.2 Å². The summed E-state index contributed by atoms with van der Waals surface area (Å²) in [5.74, 6) is 0.515. The Hall–Kier alpha value is -3.52. The number of unbranched alkanes of at least 4 members (excludes halogenated alkanes) is 1. The summed E-state index contributed by atoms with van der Waals surface area (Å²) < 4.78 is 0. The van der Waals surface area contributed by atoms with Gasteiger partial charge in [-0.05, 0) is 64.1 Å². The summed E-state index contributed by atoms with van der Waals surface area (Å²) in [7, 11) is 0. The van der Waals surface area contributed by atoms with Crippen molar-refractivity contribution in [2.75, 3.05) is 17.2 Å². The monoisotopic (exact) mass is 490 g/mol. The summed E-state index contributed by atoms with van der Waals surface area (Å²) in [6, 6.07) is 19.2. The highest BCUT2D eigenvalue weighted by Crippen LogP contribution is 2.57. The Bertz CT molecular complexity index is 1330. The lowest BCUT2D eigenvalue weighted by Gasteiger charge is -2.25. The predicted octanol–water partition coefficient (Wildman–Crippen LogP) is 9.40. The van der Waals surface area contributed by atoms with Crippen molar-refractivity contribution in [3.8, 4) is 11.1 Å². The van der Waals surface area contributed by atoms with Gasteiger partial charge in [0.1, 0.15) is 0 Å². The third-order valence-electron chi connectivity index (χ3n) is 7.84. The van der Waals surface area contributed by atoms with Gasteiger partial charge in [0, 0.05) is 35.3 Å². The van der Waals surface area contributed by atoms with Crippen molar-refractivity contribution in [3.63, 3.8) is 0 Å². The maximum atomic E-state index is 5.52. The van der Waals surface area contributed by atoms with Gasteiger partial charge in [0.15, 0.2) is 0 Å². The highest BCUT2D eigenvalue weighted by molar-refractivity contribution is 5.95. The lowest BCUT2D eigenvalue weighted by molar-refractivity contribution is 0.659. The number of benzene rings is 3. The molecular weight excluding hydrogens is 448 g/mol. The van der Waals surface area contributed by atoms with Crippen molar-refractivity contribution in [1.82, 2.24) is 0 Å². The van der Waals surface area contributed by atoms with Crippen LogP contribution in [0.4, 0.5) is 11.4 Å². The third kappa shape index (κ3) is 4.90. The molecule has 0 fully saturated rings. The second kappa shape index (κ2) is 10.8. The largest absolute Gasteiger partial charge is 0.399 e. The number of anilines is 2. The Labute approximate surface area is 224 Å². The van der Waals surface area contributed by atoms with Gasteiger partial charge in [-0.15, -0.1) is 0 Å². The molecule has 3 aliphatic rings. The summed E-state index contributed by atoms with van der Waals surface area (Å²) in [4.78, 5) is 2.41. The van der Waals surface area contributed by atoms with Gasteiger partial charge in [-0.2, -0.15) is 0 Å². The van der Waals surface area contributed by atoms with Crippen molar-refractivity contribution >= 4 is 16.9 Å². The van der Waals surface area contributed by atoms with E-state index in [1.165, 1.54) is 51.9 Å². The topological polar surface area (TPSA) is 29.3 Å². The lowest BCUT2D eigenvalue weighted by atomic mass is 9.80. The Morgan fingerprint density at radius 3 is 2.27 bits per heavy atom. The first kappa shape index (κ1) is 26.5. The van der Waals surface area contributed by atoms with Crippen LogP contribution in [0.3, 0.4) is 0 Å². The first-order valence-corrected chi connectivity index (χ1v) is 13.6. The van der Waals surface area contributed by atoms with E-state index in [-0.39, 0.29) is 5.41 Å². The molecule has 37 heavy (non-hydrogen) atoms. The molecule has 3 aromatic carbocycles. The quantitative estimate of drug-likeness (QED) is 0.344. The zero-order valence-electron chi connectivity index (χ0n) is 23.4. The van der Waals surface area contributed by atoms with Crippen LogP contribution in [0.15, 0.2) is 85.6 Å². The number of nitrogens with zero attached hydrogens (tertiary/aromatic N) is 1. The highest BCUT2D eigenvalue weighted by atomic mass is 15.1. The average molecular weight is 491 g/mol.